The van der Waals surface area contributed by atoms with Crippen molar-refractivity contribution in [2.75, 3.05) is 4.90 Å². The molecule has 3 aromatic rings. The van der Waals surface area contributed by atoms with Crippen molar-refractivity contribution in [3.05, 3.63) is 77.4 Å². The van der Waals surface area contributed by atoms with Crippen LogP contribution in [0.4, 0.5) is 5.69 Å². The van der Waals surface area contributed by atoms with Gasteiger partial charge in [0, 0.05) is 11.1 Å². The van der Waals surface area contributed by atoms with Crippen LogP contribution in [0.25, 0.3) is 22.3 Å². The second-order valence-electron chi connectivity index (χ2n) is 9.36. The highest BCUT2D eigenvalue weighted by molar-refractivity contribution is 5.98. The van der Waals surface area contributed by atoms with Crippen LogP contribution in [0, 0.1) is 0 Å². The average Bonchev–Trinajstić information content (AvgIpc) is 3.12. The van der Waals surface area contributed by atoms with Gasteiger partial charge in [0.2, 0.25) is 0 Å². The van der Waals surface area contributed by atoms with Gasteiger partial charge in [-0.2, -0.15) is 0 Å². The molecule has 0 unspecified atom stereocenters. The van der Waals surface area contributed by atoms with E-state index in [2.05, 4.69) is 86.3 Å². The van der Waals surface area contributed by atoms with Crippen LogP contribution >= 0.6 is 0 Å². The van der Waals surface area contributed by atoms with Crippen LogP contribution in [0.5, 0.6) is 0 Å². The highest BCUT2D eigenvalue weighted by Crippen LogP contribution is 2.61. The first-order valence-electron chi connectivity index (χ1n) is 10.2. The molecule has 3 aliphatic rings. The standard InChI is InChI=1S/C26H25N/c1-26(2,3)16-14-21-17-8-4-6-10-19(17)23-12-13-24-20-11-7-5-9-18(20)22(15-16)25(21)27(23)24/h4-11,14-15,23-24H,12-13H2,1-3H3/t23-,24+. The summed E-state index contributed by atoms with van der Waals surface area (Å²) in [5.41, 5.74) is 11.8. The maximum Gasteiger partial charge on any atom is 0.0556 e. The van der Waals surface area contributed by atoms with E-state index >= 15 is 0 Å². The molecule has 0 spiro atoms. The zero-order valence-corrected chi connectivity index (χ0v) is 16.3. The maximum absolute atomic E-state index is 2.75. The summed E-state index contributed by atoms with van der Waals surface area (Å²) in [7, 11) is 0. The lowest BCUT2D eigenvalue weighted by Crippen LogP contribution is -2.33. The Hall–Kier alpha value is -2.54. The number of fused-ring (bicyclic) bond motifs is 6. The molecule has 1 fully saturated rings. The van der Waals surface area contributed by atoms with Crippen molar-refractivity contribution in [2.45, 2.75) is 51.1 Å². The molecule has 6 rings (SSSR count). The third kappa shape index (κ3) is 1.95. The molecule has 0 saturated carbocycles. The second-order valence-corrected chi connectivity index (χ2v) is 9.36. The topological polar surface area (TPSA) is 3.24 Å². The first-order chi connectivity index (χ1) is 13.0. The van der Waals surface area contributed by atoms with Gasteiger partial charge in [0.05, 0.1) is 17.8 Å². The van der Waals surface area contributed by atoms with Crippen molar-refractivity contribution in [3.63, 3.8) is 0 Å². The molecule has 1 saturated heterocycles. The van der Waals surface area contributed by atoms with Gasteiger partial charge in [-0.15, -0.1) is 0 Å². The van der Waals surface area contributed by atoms with Crippen molar-refractivity contribution in [1.82, 2.24) is 0 Å². The van der Waals surface area contributed by atoms with Gasteiger partial charge in [0.1, 0.15) is 0 Å². The van der Waals surface area contributed by atoms with Gasteiger partial charge in [0.15, 0.2) is 0 Å². The van der Waals surface area contributed by atoms with Crippen molar-refractivity contribution >= 4 is 5.69 Å². The fraction of sp³-hybridized carbons (Fsp3) is 0.308. The quantitative estimate of drug-likeness (QED) is 0.420. The van der Waals surface area contributed by atoms with E-state index in [1.165, 1.54) is 57.5 Å². The summed E-state index contributed by atoms with van der Waals surface area (Å²) in [6.07, 6.45) is 2.49. The zero-order chi connectivity index (χ0) is 18.3. The Morgan fingerprint density at radius 1 is 0.704 bits per heavy atom. The molecule has 3 heterocycles. The lowest BCUT2D eigenvalue weighted by Gasteiger charge is -2.44. The largest absolute Gasteiger partial charge is 0.356 e. The molecule has 0 bridgehead atoms. The second kappa shape index (κ2) is 5.04. The van der Waals surface area contributed by atoms with E-state index in [4.69, 9.17) is 0 Å². The van der Waals surface area contributed by atoms with E-state index in [1.54, 1.807) is 0 Å². The minimum Gasteiger partial charge on any atom is -0.356 e. The minimum absolute atomic E-state index is 0.133. The van der Waals surface area contributed by atoms with E-state index in [9.17, 15) is 0 Å². The molecule has 1 nitrogen and oxygen atoms in total. The molecule has 0 aromatic heterocycles. The predicted molar refractivity (Wildman–Crippen MR) is 113 cm³/mol. The fourth-order valence-corrected chi connectivity index (χ4v) is 5.56. The Balaban J connectivity index is 1.77. The summed E-state index contributed by atoms with van der Waals surface area (Å²) in [6, 6.07) is 24.2. The molecule has 1 heteroatoms. The van der Waals surface area contributed by atoms with Crippen LogP contribution in [0.1, 0.15) is 62.4 Å². The fourth-order valence-electron chi connectivity index (χ4n) is 5.56. The molecule has 27 heavy (non-hydrogen) atoms. The maximum atomic E-state index is 2.75. The van der Waals surface area contributed by atoms with Crippen molar-refractivity contribution in [2.24, 2.45) is 0 Å². The summed E-state index contributed by atoms with van der Waals surface area (Å²) in [6.45, 7) is 6.98. The smallest absolute Gasteiger partial charge is 0.0556 e. The molecule has 134 valence electrons. The highest BCUT2D eigenvalue weighted by atomic mass is 15.2. The molecule has 0 amide bonds. The normalized spacial score (nSPS) is 21.5. The summed E-state index contributed by atoms with van der Waals surface area (Å²) in [5, 5.41) is 0. The summed E-state index contributed by atoms with van der Waals surface area (Å²) in [4.78, 5) is 2.75. The van der Waals surface area contributed by atoms with Crippen LogP contribution in [-0.2, 0) is 5.41 Å². The van der Waals surface area contributed by atoms with Crippen molar-refractivity contribution < 1.29 is 0 Å². The van der Waals surface area contributed by atoms with Gasteiger partial charge in [0.25, 0.3) is 0 Å². The van der Waals surface area contributed by atoms with Crippen LogP contribution in [0.2, 0.25) is 0 Å². The predicted octanol–water partition coefficient (Wildman–Crippen LogP) is 7.03. The minimum atomic E-state index is 0.133. The van der Waals surface area contributed by atoms with Crippen LogP contribution < -0.4 is 4.90 Å². The average molecular weight is 351 g/mol. The molecule has 0 radical (unpaired) electrons. The van der Waals surface area contributed by atoms with Gasteiger partial charge >= 0.3 is 0 Å². The van der Waals surface area contributed by atoms with Crippen molar-refractivity contribution in [1.29, 1.82) is 0 Å². The van der Waals surface area contributed by atoms with E-state index in [0.717, 1.165) is 0 Å². The molecule has 3 aromatic carbocycles. The Labute approximate surface area is 161 Å². The van der Waals surface area contributed by atoms with Gasteiger partial charge in [-0.05, 0) is 58.2 Å². The lowest BCUT2D eigenvalue weighted by molar-refractivity contribution is 0.589. The first-order valence-corrected chi connectivity index (χ1v) is 10.2. The zero-order valence-electron chi connectivity index (χ0n) is 16.3. The number of rotatable bonds is 0. The summed E-state index contributed by atoms with van der Waals surface area (Å²) < 4.78 is 0. The van der Waals surface area contributed by atoms with Crippen molar-refractivity contribution in [3.8, 4) is 22.3 Å². The molecular weight excluding hydrogens is 326 g/mol. The summed E-state index contributed by atoms with van der Waals surface area (Å²) >= 11 is 0. The summed E-state index contributed by atoms with van der Waals surface area (Å²) in [5.74, 6) is 0. The van der Waals surface area contributed by atoms with E-state index in [0.29, 0.717) is 12.1 Å². The number of benzene rings is 3. The third-order valence-corrected chi connectivity index (χ3v) is 6.84. The molecule has 3 aliphatic heterocycles. The Bertz CT molecular complexity index is 1010. The Morgan fingerprint density at radius 2 is 1.19 bits per heavy atom. The SMILES string of the molecule is CC(C)(C)c1cc2c3c(c1)-c1ccccc1[C@@H]1CC[C@H](c4ccccc4-2)N31. The van der Waals surface area contributed by atoms with Gasteiger partial charge < -0.3 is 4.90 Å². The Morgan fingerprint density at radius 3 is 1.67 bits per heavy atom. The van der Waals surface area contributed by atoms with Gasteiger partial charge in [-0.1, -0.05) is 69.3 Å². The number of nitrogens with zero attached hydrogens (tertiary/aromatic N) is 1. The third-order valence-electron chi connectivity index (χ3n) is 6.84. The monoisotopic (exact) mass is 351 g/mol. The Kier molecular flexibility index (Phi) is 2.90. The van der Waals surface area contributed by atoms with Crippen LogP contribution in [-0.4, -0.2) is 0 Å². The molecule has 0 N–H and O–H groups in total. The van der Waals surface area contributed by atoms with Crippen LogP contribution in [0.3, 0.4) is 0 Å². The first kappa shape index (κ1) is 15.5. The van der Waals surface area contributed by atoms with E-state index in [1.807, 2.05) is 0 Å². The molecular formula is C26H25N. The van der Waals surface area contributed by atoms with Gasteiger partial charge in [-0.25, -0.2) is 0 Å². The lowest BCUT2D eigenvalue weighted by atomic mass is 9.77. The van der Waals surface area contributed by atoms with Crippen LogP contribution in [0.15, 0.2) is 60.7 Å². The number of hydrogen-bond acceptors (Lipinski definition) is 1. The highest BCUT2D eigenvalue weighted by Gasteiger charge is 2.45. The molecule has 0 aliphatic carbocycles. The van der Waals surface area contributed by atoms with Gasteiger partial charge in [-0.3, -0.25) is 0 Å². The molecule has 2 atom stereocenters. The van der Waals surface area contributed by atoms with E-state index < -0.39 is 0 Å². The van der Waals surface area contributed by atoms with E-state index in [-0.39, 0.29) is 5.41 Å². The number of anilines is 1. The number of hydrogen-bond donors (Lipinski definition) is 0.